The summed E-state index contributed by atoms with van der Waals surface area (Å²) in [6, 6.07) is 151. The fourth-order valence-electron chi connectivity index (χ4n) is 18.9. The van der Waals surface area contributed by atoms with Crippen LogP contribution in [0, 0.1) is 27.7 Å². The van der Waals surface area contributed by atoms with Crippen LogP contribution >= 0.6 is 0 Å². The first-order valence-electron chi connectivity index (χ1n) is 40.5. The molecule has 0 spiro atoms. The largest absolute Gasteiger partial charge is 0.0620 e. The Morgan fingerprint density at radius 1 is 0.121 bits per heavy atom. The smallest absolute Gasteiger partial charge is 0.00206 e. The van der Waals surface area contributed by atoms with Crippen LogP contribution in [0.25, 0.3) is 218 Å². The second-order valence-corrected chi connectivity index (χ2v) is 31.5. The number of hydrogen-bond donors (Lipinski definition) is 0. The van der Waals surface area contributed by atoms with E-state index in [4.69, 9.17) is 0 Å². The van der Waals surface area contributed by atoms with Crippen molar-refractivity contribution in [3.8, 4) is 89.0 Å². The van der Waals surface area contributed by atoms with Crippen molar-refractivity contribution >= 4 is 129 Å². The molecule has 24 aromatic rings. The summed E-state index contributed by atoms with van der Waals surface area (Å²) in [7, 11) is 0. The highest BCUT2D eigenvalue weighted by Crippen LogP contribution is 2.47. The second-order valence-electron chi connectivity index (χ2n) is 31.5. The molecule has 0 radical (unpaired) electrons. The zero-order chi connectivity index (χ0) is 77.5. The third-order valence-electron chi connectivity index (χ3n) is 24.5. The van der Waals surface area contributed by atoms with Gasteiger partial charge in [0.15, 0.2) is 0 Å². The zero-order valence-corrected chi connectivity index (χ0v) is 65.3. The molecule has 0 bridgehead atoms. The van der Waals surface area contributed by atoms with Gasteiger partial charge < -0.3 is 0 Å². The molecule has 24 rings (SSSR count). The molecule has 0 aliphatic carbocycles. The van der Waals surface area contributed by atoms with Gasteiger partial charge in [0, 0.05) is 0 Å². The molecule has 0 unspecified atom stereocenters. The summed E-state index contributed by atoms with van der Waals surface area (Å²) in [6.07, 6.45) is 0. The van der Waals surface area contributed by atoms with E-state index in [2.05, 4.69) is 440 Å². The molecule has 0 aromatic heterocycles. The van der Waals surface area contributed by atoms with E-state index in [1.807, 2.05) is 0 Å². The van der Waals surface area contributed by atoms with Gasteiger partial charge in [-0.3, -0.25) is 0 Å². The lowest BCUT2D eigenvalue weighted by atomic mass is 9.87. The highest BCUT2D eigenvalue weighted by atomic mass is 14.2. The molecule has 0 fully saturated rings. The summed E-state index contributed by atoms with van der Waals surface area (Å²) in [5, 5.41) is 32.0. The Morgan fingerprint density at radius 2 is 0.379 bits per heavy atom. The SMILES string of the molecule is Cc1ccc(-c2cccc(-c3ccc4ccc5cccc6ccc3c4c56)c2)cc1.Cc1cccc(-c2ccccc2-c2ccc3ccc4cccc5ccc2c3c45)c1.Cc1ccccc1-c1cccc(-c2ccc3ccc4cccc5ccc2c3c45)c1.Cc1ccccc1-c1ccccc1-c1ccc2ccc3cccc4ccc1c2c34. The maximum absolute atomic E-state index is 2.33. The van der Waals surface area contributed by atoms with Gasteiger partial charge in [0.1, 0.15) is 0 Å². The monoisotopic (exact) mass is 1470 g/mol. The number of hydrogen-bond acceptors (Lipinski definition) is 0. The van der Waals surface area contributed by atoms with E-state index in [1.54, 1.807) is 0 Å². The standard InChI is InChI=1S/4C29H20/c1-19-8-10-20(11-9-19)24-6-3-7-25(18-24)26-16-14-23-13-12-21-4-2-5-22-15-17-27(26)29(23)28(21)22;1-19-6-4-9-23(18-19)24-10-2-3-11-25(24)26-16-14-22-13-12-20-7-5-8-21-15-17-27(26)29(22)28(20)21;1-19-6-2-3-11-25(19)23-9-5-10-24(18-23)26-16-14-22-13-12-20-7-4-8-21-15-17-27(26)29(22)28(20)21;1-19-7-2-3-10-23(19)24-11-4-5-12-25(24)26-17-15-22-14-13-20-8-6-9-21-16-18-27(26)29(22)28(20)21/h4*2-18H,1H3. The van der Waals surface area contributed by atoms with Gasteiger partial charge in [-0.05, 0) is 269 Å². The van der Waals surface area contributed by atoms with Crippen molar-refractivity contribution in [3.05, 3.63) is 435 Å². The minimum absolute atomic E-state index is 1.26. The van der Waals surface area contributed by atoms with Crippen molar-refractivity contribution in [1.82, 2.24) is 0 Å². The molecule has 0 nitrogen and oxygen atoms in total. The molecule has 24 aromatic carbocycles. The molecule has 0 heteroatoms. The average Bonchev–Trinajstić information content (AvgIpc) is 0.750. The fourth-order valence-corrected chi connectivity index (χ4v) is 18.9. The highest BCUT2D eigenvalue weighted by molar-refractivity contribution is 6.29. The molecule has 0 aliphatic heterocycles. The van der Waals surface area contributed by atoms with Crippen LogP contribution in [0.5, 0.6) is 0 Å². The van der Waals surface area contributed by atoms with E-state index < -0.39 is 0 Å². The van der Waals surface area contributed by atoms with Crippen LogP contribution in [0.3, 0.4) is 0 Å². The van der Waals surface area contributed by atoms with Gasteiger partial charge in [0.05, 0.1) is 0 Å². The minimum atomic E-state index is 1.26. The molecule has 0 saturated heterocycles. The van der Waals surface area contributed by atoms with E-state index in [1.165, 1.54) is 241 Å². The van der Waals surface area contributed by atoms with Gasteiger partial charge in [0.25, 0.3) is 0 Å². The number of rotatable bonds is 8. The summed E-state index contributed by atoms with van der Waals surface area (Å²) in [6.45, 7) is 8.65. The fraction of sp³-hybridized carbons (Fsp3) is 0.0345. The van der Waals surface area contributed by atoms with Crippen LogP contribution < -0.4 is 0 Å². The topological polar surface area (TPSA) is 0 Å². The molecular weight excluding hydrogens is 1390 g/mol. The van der Waals surface area contributed by atoms with Crippen molar-refractivity contribution in [3.63, 3.8) is 0 Å². The van der Waals surface area contributed by atoms with Crippen LogP contribution in [-0.2, 0) is 0 Å². The van der Waals surface area contributed by atoms with Crippen molar-refractivity contribution in [2.24, 2.45) is 0 Å². The van der Waals surface area contributed by atoms with E-state index in [-0.39, 0.29) is 0 Å². The predicted molar refractivity (Wildman–Crippen MR) is 503 cm³/mol. The van der Waals surface area contributed by atoms with Gasteiger partial charge in [-0.25, -0.2) is 0 Å². The molecule has 0 amide bonds. The van der Waals surface area contributed by atoms with Gasteiger partial charge in [0.2, 0.25) is 0 Å². The summed E-state index contributed by atoms with van der Waals surface area (Å²) in [5.41, 5.74) is 25.7. The van der Waals surface area contributed by atoms with Crippen molar-refractivity contribution in [2.45, 2.75) is 27.7 Å². The summed E-state index contributed by atoms with van der Waals surface area (Å²) in [4.78, 5) is 0. The highest BCUT2D eigenvalue weighted by Gasteiger charge is 2.20. The molecule has 0 atom stereocenters. The predicted octanol–water partition coefficient (Wildman–Crippen LogP) is 32.9. The quantitative estimate of drug-likeness (QED) is 0.133. The third-order valence-corrected chi connectivity index (χ3v) is 24.5. The first-order chi connectivity index (χ1) is 57.2. The van der Waals surface area contributed by atoms with Gasteiger partial charge >= 0.3 is 0 Å². The summed E-state index contributed by atoms with van der Waals surface area (Å²) in [5.74, 6) is 0. The Hall–Kier alpha value is -14.6. The summed E-state index contributed by atoms with van der Waals surface area (Å²) >= 11 is 0. The van der Waals surface area contributed by atoms with Crippen LogP contribution in [0.2, 0.25) is 0 Å². The van der Waals surface area contributed by atoms with Gasteiger partial charge in [-0.2, -0.15) is 0 Å². The maximum atomic E-state index is 2.33. The second kappa shape index (κ2) is 28.9. The Bertz CT molecular complexity index is 7800. The normalized spacial score (nSPS) is 11.6. The van der Waals surface area contributed by atoms with Crippen LogP contribution in [0.1, 0.15) is 22.3 Å². The molecule has 116 heavy (non-hydrogen) atoms. The van der Waals surface area contributed by atoms with Gasteiger partial charge in [-0.15, -0.1) is 0 Å². The Balaban J connectivity index is 0.0000000966. The molecular formula is C116H80. The first-order valence-corrected chi connectivity index (χ1v) is 40.5. The van der Waals surface area contributed by atoms with E-state index in [0.717, 1.165) is 0 Å². The first kappa shape index (κ1) is 69.4. The van der Waals surface area contributed by atoms with E-state index >= 15 is 0 Å². The lowest BCUT2D eigenvalue weighted by Crippen LogP contribution is -1.90. The molecule has 544 valence electrons. The Kier molecular flexibility index (Phi) is 17.3. The molecule has 0 heterocycles. The van der Waals surface area contributed by atoms with Crippen LogP contribution in [0.15, 0.2) is 413 Å². The van der Waals surface area contributed by atoms with E-state index in [9.17, 15) is 0 Å². The van der Waals surface area contributed by atoms with Crippen molar-refractivity contribution in [2.75, 3.05) is 0 Å². The Morgan fingerprint density at radius 3 is 0.767 bits per heavy atom. The van der Waals surface area contributed by atoms with Crippen LogP contribution in [-0.4, -0.2) is 0 Å². The van der Waals surface area contributed by atoms with Crippen LogP contribution in [0.4, 0.5) is 0 Å². The van der Waals surface area contributed by atoms with Crippen molar-refractivity contribution in [1.29, 1.82) is 0 Å². The molecule has 0 N–H and O–H groups in total. The minimum Gasteiger partial charge on any atom is -0.0620 e. The van der Waals surface area contributed by atoms with E-state index in [0.29, 0.717) is 0 Å². The lowest BCUT2D eigenvalue weighted by molar-refractivity contribution is 1.46. The van der Waals surface area contributed by atoms with Gasteiger partial charge in [-0.1, -0.05) is 412 Å². The number of benzene rings is 24. The summed E-state index contributed by atoms with van der Waals surface area (Å²) < 4.78 is 0. The maximum Gasteiger partial charge on any atom is -0.00206 e. The molecule has 0 saturated carbocycles. The average molecular weight is 1470 g/mol. The molecule has 0 aliphatic rings. The zero-order valence-electron chi connectivity index (χ0n) is 65.3. The number of aryl methyl sites for hydroxylation is 4. The Labute approximate surface area is 676 Å². The van der Waals surface area contributed by atoms with Crippen molar-refractivity contribution < 1.29 is 0 Å². The third kappa shape index (κ3) is 12.2. The lowest BCUT2D eigenvalue weighted by Gasteiger charge is -2.17.